The Bertz CT molecular complexity index is 2390. The predicted octanol–water partition coefficient (Wildman–Crippen LogP) is 12.9. The van der Waals surface area contributed by atoms with Crippen molar-refractivity contribution in [3.05, 3.63) is 174 Å². The molecular weight excluding hydrogens is 698 g/mol. The van der Waals surface area contributed by atoms with Crippen molar-refractivity contribution in [2.45, 2.75) is 12.4 Å². The highest BCUT2D eigenvalue weighted by atomic mass is 19.4. The summed E-state index contributed by atoms with van der Waals surface area (Å²) in [6.07, 6.45) is -9.70. The summed E-state index contributed by atoms with van der Waals surface area (Å²) in [6.45, 7) is 7.32. The highest BCUT2D eigenvalue weighted by Gasteiger charge is 2.40. The summed E-state index contributed by atoms with van der Waals surface area (Å²) < 4.78 is 90.5. The summed E-state index contributed by atoms with van der Waals surface area (Å²) in [7, 11) is 0. The minimum Gasteiger partial charge on any atom is -0.247 e. The molecule has 0 aliphatic heterocycles. The topological polar surface area (TPSA) is 53.9 Å². The molecule has 2 heterocycles. The van der Waals surface area contributed by atoms with Gasteiger partial charge >= 0.3 is 12.4 Å². The second kappa shape index (κ2) is 14.2. The SMILES string of the molecule is [C-]#[N+]c1ccc(-c2cc(-c3ccccc3-c3cc(-c4ccc(C#N)cc4)c(C(F)(F)F)c(-c4ccccc4)n3)nc(-c3ccccc3)c2C(F)(F)F)cc1. The summed E-state index contributed by atoms with van der Waals surface area (Å²) >= 11 is 0. The predicted molar refractivity (Wildman–Crippen MR) is 196 cm³/mol. The zero-order valence-corrected chi connectivity index (χ0v) is 27.9. The van der Waals surface area contributed by atoms with Gasteiger partial charge in [-0.15, -0.1) is 0 Å². The van der Waals surface area contributed by atoms with Crippen molar-refractivity contribution in [2.75, 3.05) is 0 Å². The second-order valence-electron chi connectivity index (χ2n) is 12.2. The molecule has 0 amide bonds. The average Bonchev–Trinajstić information content (AvgIpc) is 3.20. The quantitative estimate of drug-likeness (QED) is 0.127. The first-order chi connectivity index (χ1) is 26.0. The van der Waals surface area contributed by atoms with Crippen LogP contribution in [0.4, 0.5) is 32.0 Å². The van der Waals surface area contributed by atoms with E-state index in [-0.39, 0.29) is 67.4 Å². The van der Waals surface area contributed by atoms with Gasteiger partial charge in [0.15, 0.2) is 5.69 Å². The van der Waals surface area contributed by atoms with E-state index < -0.39 is 23.5 Å². The van der Waals surface area contributed by atoms with Crippen LogP contribution in [0.15, 0.2) is 146 Å². The number of hydrogen-bond acceptors (Lipinski definition) is 3. The van der Waals surface area contributed by atoms with Gasteiger partial charge in [-0.25, -0.2) is 14.8 Å². The molecule has 262 valence electrons. The minimum absolute atomic E-state index is 0.114. The Morgan fingerprint density at radius 3 is 1.24 bits per heavy atom. The smallest absolute Gasteiger partial charge is 0.247 e. The Labute approximate surface area is 306 Å². The molecule has 0 spiro atoms. The molecule has 0 aliphatic carbocycles. The molecule has 0 unspecified atom stereocenters. The first-order valence-corrected chi connectivity index (χ1v) is 16.4. The molecule has 10 heteroatoms. The maximum Gasteiger partial charge on any atom is 0.419 e. The number of pyridine rings is 2. The van der Waals surface area contributed by atoms with Crippen LogP contribution >= 0.6 is 0 Å². The van der Waals surface area contributed by atoms with Gasteiger partial charge in [0.25, 0.3) is 0 Å². The van der Waals surface area contributed by atoms with Gasteiger partial charge < -0.3 is 0 Å². The lowest BCUT2D eigenvalue weighted by molar-refractivity contribution is -0.137. The molecule has 0 atom stereocenters. The minimum atomic E-state index is -4.85. The lowest BCUT2D eigenvalue weighted by Gasteiger charge is -2.21. The maximum atomic E-state index is 15.1. The van der Waals surface area contributed by atoms with Gasteiger partial charge in [0.1, 0.15) is 0 Å². The highest BCUT2D eigenvalue weighted by molar-refractivity contribution is 5.89. The van der Waals surface area contributed by atoms with Crippen molar-refractivity contribution in [3.63, 3.8) is 0 Å². The Balaban J connectivity index is 1.55. The van der Waals surface area contributed by atoms with E-state index in [0.717, 1.165) is 0 Å². The van der Waals surface area contributed by atoms with Crippen LogP contribution < -0.4 is 0 Å². The van der Waals surface area contributed by atoms with Gasteiger partial charge in [0, 0.05) is 22.3 Å². The highest BCUT2D eigenvalue weighted by Crippen LogP contribution is 2.47. The van der Waals surface area contributed by atoms with E-state index >= 15 is 26.3 Å². The fourth-order valence-electron chi connectivity index (χ4n) is 6.37. The number of nitrogens with zero attached hydrogens (tertiary/aromatic N) is 4. The van der Waals surface area contributed by atoms with Crippen LogP contribution in [0.3, 0.4) is 0 Å². The van der Waals surface area contributed by atoms with Crippen LogP contribution in [-0.4, -0.2) is 9.97 Å². The fourth-order valence-corrected chi connectivity index (χ4v) is 6.37. The van der Waals surface area contributed by atoms with Gasteiger partial charge in [-0.3, -0.25) is 0 Å². The second-order valence-corrected chi connectivity index (χ2v) is 12.2. The molecule has 0 saturated heterocycles. The number of rotatable bonds is 6. The zero-order chi connectivity index (χ0) is 38.0. The van der Waals surface area contributed by atoms with Gasteiger partial charge in [-0.05, 0) is 46.5 Å². The molecule has 0 saturated carbocycles. The maximum absolute atomic E-state index is 15.1. The summed E-state index contributed by atoms with van der Waals surface area (Å²) in [4.78, 5) is 12.6. The Morgan fingerprint density at radius 2 is 0.870 bits per heavy atom. The summed E-state index contributed by atoms with van der Waals surface area (Å²) in [5.41, 5.74) is -0.898. The normalized spacial score (nSPS) is 11.5. The largest absolute Gasteiger partial charge is 0.419 e. The van der Waals surface area contributed by atoms with E-state index in [1.54, 1.807) is 60.7 Å². The third kappa shape index (κ3) is 6.93. The van der Waals surface area contributed by atoms with Crippen LogP contribution in [0.2, 0.25) is 0 Å². The Morgan fingerprint density at radius 1 is 0.481 bits per heavy atom. The molecular formula is C44H24F6N4. The van der Waals surface area contributed by atoms with Gasteiger partial charge in [-0.1, -0.05) is 121 Å². The number of alkyl halides is 6. The molecule has 0 aliphatic rings. The lowest BCUT2D eigenvalue weighted by Crippen LogP contribution is -2.12. The van der Waals surface area contributed by atoms with Crippen LogP contribution in [0.1, 0.15) is 16.7 Å². The monoisotopic (exact) mass is 722 g/mol. The molecule has 7 rings (SSSR count). The molecule has 4 nitrogen and oxygen atoms in total. The van der Waals surface area contributed by atoms with E-state index in [9.17, 15) is 5.26 Å². The van der Waals surface area contributed by atoms with Crippen LogP contribution in [0.25, 0.3) is 72.1 Å². The van der Waals surface area contributed by atoms with Gasteiger partial charge in [0.05, 0.1) is 52.1 Å². The molecule has 0 radical (unpaired) electrons. The molecule has 0 fully saturated rings. The number of benzene rings is 5. The van der Waals surface area contributed by atoms with E-state index in [1.807, 2.05) is 6.07 Å². The summed E-state index contributed by atoms with van der Waals surface area (Å²) in [6, 6.07) is 38.5. The molecule has 5 aromatic carbocycles. The van der Waals surface area contributed by atoms with Crippen LogP contribution in [-0.2, 0) is 12.4 Å². The summed E-state index contributed by atoms with van der Waals surface area (Å²) in [5.74, 6) is 0. The first kappa shape index (κ1) is 35.4. The van der Waals surface area contributed by atoms with E-state index in [2.05, 4.69) is 14.8 Å². The van der Waals surface area contributed by atoms with Crippen molar-refractivity contribution in [1.29, 1.82) is 5.26 Å². The van der Waals surface area contributed by atoms with Crippen molar-refractivity contribution in [1.82, 2.24) is 9.97 Å². The van der Waals surface area contributed by atoms with Crippen molar-refractivity contribution in [3.8, 4) is 73.4 Å². The Hall–Kier alpha value is -7.04. The fraction of sp³-hybridized carbons (Fsp3) is 0.0455. The van der Waals surface area contributed by atoms with E-state index in [0.29, 0.717) is 11.1 Å². The number of hydrogen-bond donors (Lipinski definition) is 0. The molecule has 0 bridgehead atoms. The van der Waals surface area contributed by atoms with Crippen molar-refractivity contribution < 1.29 is 26.3 Å². The third-order valence-electron chi connectivity index (χ3n) is 8.81. The number of nitriles is 1. The van der Waals surface area contributed by atoms with Crippen LogP contribution in [0, 0.1) is 17.9 Å². The van der Waals surface area contributed by atoms with E-state index in [1.165, 1.54) is 84.9 Å². The summed E-state index contributed by atoms with van der Waals surface area (Å²) in [5, 5.41) is 9.36. The third-order valence-corrected chi connectivity index (χ3v) is 8.81. The standard InChI is InChI=1S/C44H24F6N4/c1-52-32-22-20-29(21-23-32)36-25-38(54-42(40(36)44(48,49)50)31-12-6-3-7-13-31)34-15-9-8-14-33(34)37-24-35(28-18-16-27(26-51)17-19-28)39(43(45,46)47)41(53-37)30-10-4-2-5-11-30/h2-25H. The van der Waals surface area contributed by atoms with Gasteiger partial charge in [-0.2, -0.15) is 31.6 Å². The molecule has 54 heavy (non-hydrogen) atoms. The zero-order valence-electron chi connectivity index (χ0n) is 27.9. The van der Waals surface area contributed by atoms with Crippen molar-refractivity contribution >= 4 is 5.69 Å². The Kier molecular flexibility index (Phi) is 9.28. The molecule has 0 N–H and O–H groups in total. The molecule has 2 aromatic heterocycles. The van der Waals surface area contributed by atoms with Crippen molar-refractivity contribution in [2.24, 2.45) is 0 Å². The molecule has 7 aromatic rings. The van der Waals surface area contributed by atoms with E-state index in [4.69, 9.17) is 6.57 Å². The average molecular weight is 723 g/mol. The lowest BCUT2D eigenvalue weighted by atomic mass is 9.90. The number of halogens is 6. The number of aromatic nitrogens is 2. The van der Waals surface area contributed by atoms with Crippen LogP contribution in [0.5, 0.6) is 0 Å². The first-order valence-electron chi connectivity index (χ1n) is 16.4. The van der Waals surface area contributed by atoms with Gasteiger partial charge in [0.2, 0.25) is 0 Å².